The molecule has 0 saturated heterocycles. The number of carbonyl (C=O) groups excluding carboxylic acids is 1. The SMILES string of the molecule is CC(NC(=O)C1CCC(N)C1)c1ccc(F)c(Cl)c1. The van der Waals surface area contributed by atoms with Crippen LogP contribution in [0.5, 0.6) is 0 Å². The van der Waals surface area contributed by atoms with Crippen LogP contribution >= 0.6 is 11.6 Å². The highest BCUT2D eigenvalue weighted by molar-refractivity contribution is 6.30. The van der Waals surface area contributed by atoms with Gasteiger partial charge in [0, 0.05) is 12.0 Å². The van der Waals surface area contributed by atoms with Gasteiger partial charge in [-0.3, -0.25) is 4.79 Å². The average molecular weight is 285 g/mol. The second-order valence-electron chi connectivity index (χ2n) is 5.17. The van der Waals surface area contributed by atoms with Gasteiger partial charge in [0.1, 0.15) is 5.82 Å². The lowest BCUT2D eigenvalue weighted by atomic mass is 10.0. The van der Waals surface area contributed by atoms with E-state index in [1.807, 2.05) is 6.92 Å². The summed E-state index contributed by atoms with van der Waals surface area (Å²) in [5, 5.41) is 3.00. The Morgan fingerprint density at radius 1 is 1.53 bits per heavy atom. The lowest BCUT2D eigenvalue weighted by Gasteiger charge is -2.17. The molecular formula is C14H18ClFN2O. The number of hydrogen-bond donors (Lipinski definition) is 2. The normalized spacial score (nSPS) is 24.2. The zero-order chi connectivity index (χ0) is 14.0. The maximum atomic E-state index is 13.1. The van der Waals surface area contributed by atoms with Crippen LogP contribution in [0.2, 0.25) is 5.02 Å². The highest BCUT2D eigenvalue weighted by Gasteiger charge is 2.28. The van der Waals surface area contributed by atoms with Crippen molar-refractivity contribution < 1.29 is 9.18 Å². The number of benzene rings is 1. The van der Waals surface area contributed by atoms with Gasteiger partial charge in [0.05, 0.1) is 11.1 Å². The Balaban J connectivity index is 1.98. The molecule has 0 bridgehead atoms. The third-order valence-corrected chi connectivity index (χ3v) is 3.94. The Hall–Kier alpha value is -1.13. The van der Waals surface area contributed by atoms with Crippen LogP contribution in [0.3, 0.4) is 0 Å². The molecule has 2 rings (SSSR count). The Bertz CT molecular complexity index is 481. The van der Waals surface area contributed by atoms with Crippen molar-refractivity contribution in [3.63, 3.8) is 0 Å². The summed E-state index contributed by atoms with van der Waals surface area (Å²) in [5.74, 6) is -0.444. The third-order valence-electron chi connectivity index (χ3n) is 3.65. The van der Waals surface area contributed by atoms with E-state index in [1.165, 1.54) is 6.07 Å². The van der Waals surface area contributed by atoms with Crippen LogP contribution < -0.4 is 11.1 Å². The van der Waals surface area contributed by atoms with Gasteiger partial charge in [0.15, 0.2) is 0 Å². The summed E-state index contributed by atoms with van der Waals surface area (Å²) < 4.78 is 13.1. The van der Waals surface area contributed by atoms with Crippen LogP contribution in [0.15, 0.2) is 18.2 Å². The van der Waals surface area contributed by atoms with Crippen molar-refractivity contribution in [1.29, 1.82) is 0 Å². The highest BCUT2D eigenvalue weighted by Crippen LogP contribution is 2.26. The molecule has 0 heterocycles. The van der Waals surface area contributed by atoms with E-state index in [0.717, 1.165) is 24.8 Å². The molecule has 1 fully saturated rings. The smallest absolute Gasteiger partial charge is 0.223 e. The maximum Gasteiger partial charge on any atom is 0.223 e. The van der Waals surface area contributed by atoms with Crippen molar-refractivity contribution in [2.75, 3.05) is 0 Å². The third kappa shape index (κ3) is 3.45. The van der Waals surface area contributed by atoms with Crippen LogP contribution in [0, 0.1) is 11.7 Å². The molecule has 1 amide bonds. The first-order valence-electron chi connectivity index (χ1n) is 6.48. The lowest BCUT2D eigenvalue weighted by Crippen LogP contribution is -2.32. The van der Waals surface area contributed by atoms with E-state index in [0.29, 0.717) is 0 Å². The first-order valence-corrected chi connectivity index (χ1v) is 6.86. The fourth-order valence-electron chi connectivity index (χ4n) is 2.45. The van der Waals surface area contributed by atoms with Crippen LogP contribution in [0.1, 0.15) is 37.8 Å². The van der Waals surface area contributed by atoms with Gasteiger partial charge in [0.25, 0.3) is 0 Å². The molecule has 1 aliphatic rings. The number of nitrogens with two attached hydrogens (primary N) is 1. The quantitative estimate of drug-likeness (QED) is 0.897. The highest BCUT2D eigenvalue weighted by atomic mass is 35.5. The first-order chi connectivity index (χ1) is 8.97. The minimum absolute atomic E-state index is 0.00614. The summed E-state index contributed by atoms with van der Waals surface area (Å²) >= 11 is 5.74. The summed E-state index contributed by atoms with van der Waals surface area (Å²) in [4.78, 5) is 12.1. The standard InChI is InChI=1S/C14H18ClFN2O/c1-8(9-3-5-13(16)12(15)7-9)18-14(19)10-2-4-11(17)6-10/h3,5,7-8,10-11H,2,4,6,17H2,1H3,(H,18,19). The predicted octanol–water partition coefficient (Wildman–Crippen LogP) is 2.78. The molecule has 1 aromatic carbocycles. The van der Waals surface area contributed by atoms with Crippen molar-refractivity contribution in [2.45, 2.75) is 38.3 Å². The summed E-state index contributed by atoms with van der Waals surface area (Å²) in [7, 11) is 0. The summed E-state index contributed by atoms with van der Waals surface area (Å²) in [6.07, 6.45) is 2.47. The monoisotopic (exact) mass is 284 g/mol. The first kappa shape index (κ1) is 14.3. The molecular weight excluding hydrogens is 267 g/mol. The van der Waals surface area contributed by atoms with Crippen molar-refractivity contribution in [2.24, 2.45) is 11.7 Å². The molecule has 0 spiro atoms. The molecule has 3 atom stereocenters. The van der Waals surface area contributed by atoms with Gasteiger partial charge in [-0.1, -0.05) is 17.7 Å². The van der Waals surface area contributed by atoms with Crippen molar-refractivity contribution >= 4 is 17.5 Å². The zero-order valence-electron chi connectivity index (χ0n) is 10.8. The Morgan fingerprint density at radius 3 is 2.84 bits per heavy atom. The number of rotatable bonds is 3. The van der Waals surface area contributed by atoms with Crippen molar-refractivity contribution in [3.05, 3.63) is 34.6 Å². The number of amides is 1. The fourth-order valence-corrected chi connectivity index (χ4v) is 2.64. The van der Waals surface area contributed by atoms with E-state index in [-0.39, 0.29) is 28.9 Å². The van der Waals surface area contributed by atoms with Crippen LogP contribution in [0.25, 0.3) is 0 Å². The Labute approximate surface area is 117 Å². The van der Waals surface area contributed by atoms with Crippen molar-refractivity contribution in [3.8, 4) is 0 Å². The number of nitrogens with one attached hydrogen (secondary N) is 1. The molecule has 19 heavy (non-hydrogen) atoms. The van der Waals surface area contributed by atoms with E-state index >= 15 is 0 Å². The van der Waals surface area contributed by atoms with Gasteiger partial charge in [0.2, 0.25) is 5.91 Å². The second-order valence-corrected chi connectivity index (χ2v) is 5.58. The minimum Gasteiger partial charge on any atom is -0.349 e. The van der Waals surface area contributed by atoms with E-state index < -0.39 is 5.82 Å². The van der Waals surface area contributed by atoms with Gasteiger partial charge >= 0.3 is 0 Å². The molecule has 0 aliphatic heterocycles. The molecule has 1 aliphatic carbocycles. The molecule has 3 N–H and O–H groups in total. The topological polar surface area (TPSA) is 55.1 Å². The van der Waals surface area contributed by atoms with Crippen molar-refractivity contribution in [1.82, 2.24) is 5.32 Å². The summed E-state index contributed by atoms with van der Waals surface area (Å²) in [5.41, 5.74) is 6.60. The van der Waals surface area contributed by atoms with E-state index in [9.17, 15) is 9.18 Å². The minimum atomic E-state index is -0.453. The molecule has 104 valence electrons. The number of halogens is 2. The molecule has 3 unspecified atom stereocenters. The van der Waals surface area contributed by atoms with Gasteiger partial charge in [-0.05, 0) is 43.9 Å². The molecule has 0 aromatic heterocycles. The van der Waals surface area contributed by atoms with Gasteiger partial charge in [-0.2, -0.15) is 0 Å². The van der Waals surface area contributed by atoms with E-state index in [2.05, 4.69) is 5.32 Å². The maximum absolute atomic E-state index is 13.1. The number of carbonyl (C=O) groups is 1. The molecule has 1 saturated carbocycles. The fraction of sp³-hybridized carbons (Fsp3) is 0.500. The van der Waals surface area contributed by atoms with Gasteiger partial charge < -0.3 is 11.1 Å². The van der Waals surface area contributed by atoms with Gasteiger partial charge in [-0.25, -0.2) is 4.39 Å². The Kier molecular flexibility index (Phi) is 4.42. The molecule has 5 heteroatoms. The zero-order valence-corrected chi connectivity index (χ0v) is 11.6. The number of hydrogen-bond acceptors (Lipinski definition) is 2. The van der Waals surface area contributed by atoms with E-state index in [1.54, 1.807) is 12.1 Å². The van der Waals surface area contributed by atoms with Gasteiger partial charge in [-0.15, -0.1) is 0 Å². The average Bonchev–Trinajstić information content (AvgIpc) is 2.79. The lowest BCUT2D eigenvalue weighted by molar-refractivity contribution is -0.125. The Morgan fingerprint density at radius 2 is 2.26 bits per heavy atom. The summed E-state index contributed by atoms with van der Waals surface area (Å²) in [6.45, 7) is 1.86. The largest absolute Gasteiger partial charge is 0.349 e. The molecule has 1 aromatic rings. The summed E-state index contributed by atoms with van der Waals surface area (Å²) in [6, 6.07) is 4.43. The second kappa shape index (κ2) is 5.88. The van der Waals surface area contributed by atoms with E-state index in [4.69, 9.17) is 17.3 Å². The van der Waals surface area contributed by atoms with Crippen LogP contribution in [-0.4, -0.2) is 11.9 Å². The predicted molar refractivity (Wildman–Crippen MR) is 73.3 cm³/mol. The molecule has 3 nitrogen and oxygen atoms in total. The van der Waals surface area contributed by atoms with Crippen LogP contribution in [0.4, 0.5) is 4.39 Å². The molecule has 0 radical (unpaired) electrons. The van der Waals surface area contributed by atoms with Crippen LogP contribution in [-0.2, 0) is 4.79 Å².